The van der Waals surface area contributed by atoms with Crippen molar-refractivity contribution in [2.45, 2.75) is 33.1 Å². The Hall–Kier alpha value is -1.30. The normalized spacial score (nSPS) is 12.2. The second-order valence-electron chi connectivity index (χ2n) is 4.26. The minimum absolute atomic E-state index is 0.0293. The molecule has 0 fully saturated rings. The topological polar surface area (TPSA) is 48.0 Å². The summed E-state index contributed by atoms with van der Waals surface area (Å²) in [5.74, 6) is -0.0539. The zero-order valence-corrected chi connectivity index (χ0v) is 9.71. The highest BCUT2D eigenvalue weighted by Crippen LogP contribution is 2.28. The molecule has 6 heteroatoms. The van der Waals surface area contributed by atoms with Gasteiger partial charge in [-0.3, -0.25) is 4.79 Å². The molecule has 1 heterocycles. The van der Waals surface area contributed by atoms with Crippen LogP contribution in [0.4, 0.5) is 13.2 Å². The van der Waals surface area contributed by atoms with Crippen LogP contribution in [0.15, 0.2) is 16.9 Å². The monoisotopic (exact) mass is 248 g/mol. The summed E-state index contributed by atoms with van der Waals surface area (Å²) in [6, 6.07) is 2.05. The lowest BCUT2D eigenvalue weighted by Gasteiger charge is -2.17. The fourth-order valence-corrected chi connectivity index (χ4v) is 1.57. The van der Waals surface area contributed by atoms with Gasteiger partial charge in [0.05, 0.1) is 0 Å². The summed E-state index contributed by atoms with van der Waals surface area (Å²) in [5, 5.41) is 0. The van der Waals surface area contributed by atoms with Crippen molar-refractivity contribution in [1.82, 2.24) is 4.57 Å². The number of aromatic nitrogens is 1. The Morgan fingerprint density at radius 3 is 2.35 bits per heavy atom. The Morgan fingerprint density at radius 1 is 1.35 bits per heavy atom. The maximum Gasteiger partial charge on any atom is 0.431 e. The number of rotatable bonds is 3. The predicted octanol–water partition coefficient (Wildman–Crippen LogP) is 1.98. The van der Waals surface area contributed by atoms with Gasteiger partial charge in [0.1, 0.15) is 5.69 Å². The molecule has 0 aliphatic rings. The fraction of sp³-hybridized carbons (Fsp3) is 0.545. The van der Waals surface area contributed by atoms with Crippen LogP contribution in [-0.2, 0) is 19.3 Å². The van der Waals surface area contributed by atoms with Crippen LogP contribution in [0, 0.1) is 5.92 Å². The van der Waals surface area contributed by atoms with Gasteiger partial charge in [-0.25, -0.2) is 0 Å². The van der Waals surface area contributed by atoms with Crippen molar-refractivity contribution in [3.05, 3.63) is 33.7 Å². The molecule has 0 bridgehead atoms. The number of hydrogen-bond acceptors (Lipinski definition) is 2. The van der Waals surface area contributed by atoms with E-state index in [1.165, 1.54) is 0 Å². The Kier molecular flexibility index (Phi) is 3.98. The lowest BCUT2D eigenvalue weighted by Crippen LogP contribution is -2.32. The molecular formula is C11H15F3N2O. The summed E-state index contributed by atoms with van der Waals surface area (Å²) in [6.45, 7) is 3.47. The molecule has 1 rings (SSSR count). The van der Waals surface area contributed by atoms with Crippen molar-refractivity contribution in [2.75, 3.05) is 0 Å². The van der Waals surface area contributed by atoms with E-state index in [1.807, 2.05) is 0 Å². The lowest BCUT2D eigenvalue weighted by molar-refractivity contribution is -0.144. The molecule has 2 N–H and O–H groups in total. The summed E-state index contributed by atoms with van der Waals surface area (Å²) in [4.78, 5) is 11.8. The second-order valence-corrected chi connectivity index (χ2v) is 4.26. The number of hydrogen-bond donors (Lipinski definition) is 1. The molecule has 1 aromatic heterocycles. The zero-order valence-electron chi connectivity index (χ0n) is 9.71. The molecule has 0 aliphatic heterocycles. The minimum atomic E-state index is -4.53. The van der Waals surface area contributed by atoms with Gasteiger partial charge in [0.25, 0.3) is 5.56 Å². The Labute approximate surface area is 97.0 Å². The van der Waals surface area contributed by atoms with Crippen LogP contribution >= 0.6 is 0 Å². The smallest absolute Gasteiger partial charge is 0.326 e. The number of pyridine rings is 1. The first-order valence-corrected chi connectivity index (χ1v) is 5.27. The minimum Gasteiger partial charge on any atom is -0.326 e. The summed E-state index contributed by atoms with van der Waals surface area (Å²) in [6.07, 6.45) is -4.53. The van der Waals surface area contributed by atoms with Crippen LogP contribution < -0.4 is 11.3 Å². The van der Waals surface area contributed by atoms with Crippen molar-refractivity contribution in [3.63, 3.8) is 0 Å². The quantitative estimate of drug-likeness (QED) is 0.889. The molecule has 0 saturated carbocycles. The number of halogens is 3. The van der Waals surface area contributed by atoms with E-state index in [9.17, 15) is 18.0 Å². The van der Waals surface area contributed by atoms with Gasteiger partial charge in [0.2, 0.25) is 0 Å². The molecule has 0 amide bonds. The number of alkyl halides is 3. The molecule has 0 aromatic carbocycles. The van der Waals surface area contributed by atoms with Crippen LogP contribution in [0.5, 0.6) is 0 Å². The molecule has 1 aromatic rings. The van der Waals surface area contributed by atoms with Gasteiger partial charge in [0, 0.05) is 18.7 Å². The molecule has 0 aliphatic carbocycles. The fourth-order valence-electron chi connectivity index (χ4n) is 1.57. The lowest BCUT2D eigenvalue weighted by atomic mass is 10.2. The predicted molar refractivity (Wildman–Crippen MR) is 58.4 cm³/mol. The standard InChI is InChI=1S/C11H15F3N2O/c1-7(2)6-16-9(11(12,13)14)4-3-8(5-15)10(16)17/h3-4,7H,5-6,15H2,1-2H3. The Balaban J connectivity index is 3.42. The van der Waals surface area contributed by atoms with Gasteiger partial charge in [-0.05, 0) is 12.0 Å². The van der Waals surface area contributed by atoms with Crippen LogP contribution in [0.3, 0.4) is 0 Å². The number of nitrogens with two attached hydrogens (primary N) is 1. The van der Waals surface area contributed by atoms with Crippen molar-refractivity contribution in [3.8, 4) is 0 Å². The SMILES string of the molecule is CC(C)Cn1c(C(F)(F)F)ccc(CN)c1=O. The average Bonchev–Trinajstić information content (AvgIpc) is 2.18. The maximum atomic E-state index is 12.7. The number of nitrogens with zero attached hydrogens (tertiary/aromatic N) is 1. The highest BCUT2D eigenvalue weighted by Gasteiger charge is 2.34. The van der Waals surface area contributed by atoms with Gasteiger partial charge in [-0.1, -0.05) is 19.9 Å². The van der Waals surface area contributed by atoms with Gasteiger partial charge in [0.15, 0.2) is 0 Å². The third-order valence-corrected chi connectivity index (χ3v) is 2.31. The van der Waals surface area contributed by atoms with Gasteiger partial charge in [-0.15, -0.1) is 0 Å². The van der Waals surface area contributed by atoms with Gasteiger partial charge < -0.3 is 10.3 Å². The first kappa shape index (κ1) is 13.8. The Morgan fingerprint density at radius 2 is 1.94 bits per heavy atom. The third kappa shape index (κ3) is 3.09. The first-order chi connectivity index (χ1) is 7.77. The van der Waals surface area contributed by atoms with Crippen molar-refractivity contribution in [2.24, 2.45) is 11.7 Å². The maximum absolute atomic E-state index is 12.7. The second kappa shape index (κ2) is 4.91. The van der Waals surface area contributed by atoms with Gasteiger partial charge >= 0.3 is 6.18 Å². The Bertz CT molecular complexity index is 449. The highest BCUT2D eigenvalue weighted by atomic mass is 19.4. The molecular weight excluding hydrogens is 233 g/mol. The van der Waals surface area contributed by atoms with Crippen LogP contribution in [0.25, 0.3) is 0 Å². The summed E-state index contributed by atoms with van der Waals surface area (Å²) < 4.78 is 38.9. The van der Waals surface area contributed by atoms with E-state index in [1.54, 1.807) is 13.8 Å². The average molecular weight is 248 g/mol. The summed E-state index contributed by atoms with van der Waals surface area (Å²) >= 11 is 0. The van der Waals surface area contributed by atoms with Crippen molar-refractivity contribution >= 4 is 0 Å². The molecule has 3 nitrogen and oxygen atoms in total. The first-order valence-electron chi connectivity index (χ1n) is 5.27. The van der Waals surface area contributed by atoms with Crippen molar-refractivity contribution in [1.29, 1.82) is 0 Å². The third-order valence-electron chi connectivity index (χ3n) is 2.31. The molecule has 0 saturated heterocycles. The molecule has 17 heavy (non-hydrogen) atoms. The van der Waals surface area contributed by atoms with Crippen molar-refractivity contribution < 1.29 is 13.2 Å². The van der Waals surface area contributed by atoms with Crippen LogP contribution in [0.1, 0.15) is 25.1 Å². The molecule has 0 atom stereocenters. The van der Waals surface area contributed by atoms with E-state index in [-0.39, 0.29) is 24.6 Å². The molecule has 96 valence electrons. The highest BCUT2D eigenvalue weighted by molar-refractivity contribution is 5.18. The van der Waals surface area contributed by atoms with E-state index in [0.29, 0.717) is 0 Å². The van der Waals surface area contributed by atoms with Gasteiger partial charge in [-0.2, -0.15) is 13.2 Å². The summed E-state index contributed by atoms with van der Waals surface area (Å²) in [5.41, 5.74) is 3.93. The summed E-state index contributed by atoms with van der Waals surface area (Å²) in [7, 11) is 0. The van der Waals surface area contributed by atoms with E-state index in [2.05, 4.69) is 0 Å². The molecule has 0 radical (unpaired) electrons. The van der Waals surface area contributed by atoms with E-state index in [0.717, 1.165) is 16.7 Å². The largest absolute Gasteiger partial charge is 0.431 e. The zero-order chi connectivity index (χ0) is 13.2. The molecule has 0 spiro atoms. The van der Waals surface area contributed by atoms with Crippen LogP contribution in [-0.4, -0.2) is 4.57 Å². The van der Waals surface area contributed by atoms with Crippen LogP contribution in [0.2, 0.25) is 0 Å². The van der Waals surface area contributed by atoms with E-state index < -0.39 is 17.4 Å². The van der Waals surface area contributed by atoms with E-state index in [4.69, 9.17) is 5.73 Å². The molecule has 0 unspecified atom stereocenters. The van der Waals surface area contributed by atoms with E-state index >= 15 is 0 Å².